The van der Waals surface area contributed by atoms with E-state index >= 15 is 0 Å². The number of aromatic nitrogens is 6. The van der Waals surface area contributed by atoms with Gasteiger partial charge in [-0.05, 0) is 58.7 Å². The third kappa shape index (κ3) is 4.67. The monoisotopic (exact) mass is 448 g/mol. The molecule has 0 aliphatic carbocycles. The van der Waals surface area contributed by atoms with Gasteiger partial charge in [0.05, 0.1) is 24.6 Å². The molecule has 4 rings (SSSR count). The van der Waals surface area contributed by atoms with Crippen LogP contribution < -0.4 is 15.2 Å². The Labute approximate surface area is 192 Å². The summed E-state index contributed by atoms with van der Waals surface area (Å²) in [6, 6.07) is 11.5. The molecule has 2 aromatic carbocycles. The third-order valence-electron chi connectivity index (χ3n) is 5.34. The summed E-state index contributed by atoms with van der Waals surface area (Å²) in [5.74, 6) is 1.89. The van der Waals surface area contributed by atoms with E-state index < -0.39 is 0 Å². The van der Waals surface area contributed by atoms with Gasteiger partial charge in [-0.15, -0.1) is 0 Å². The van der Waals surface area contributed by atoms with Crippen molar-refractivity contribution in [1.29, 1.82) is 0 Å². The predicted molar refractivity (Wildman–Crippen MR) is 125 cm³/mol. The molecular formula is C24H28N6O3. The summed E-state index contributed by atoms with van der Waals surface area (Å²) in [6.45, 7) is 7.44. The molecule has 0 saturated heterocycles. The highest BCUT2D eigenvalue weighted by Crippen LogP contribution is 2.29. The summed E-state index contributed by atoms with van der Waals surface area (Å²) in [6.07, 6.45) is 3.95. The lowest BCUT2D eigenvalue weighted by Crippen LogP contribution is -2.23. The van der Waals surface area contributed by atoms with E-state index in [0.717, 1.165) is 29.0 Å². The minimum absolute atomic E-state index is 0.203. The minimum atomic E-state index is -0.344. The van der Waals surface area contributed by atoms with Crippen molar-refractivity contribution in [3.63, 3.8) is 0 Å². The maximum absolute atomic E-state index is 12.4. The Balaban J connectivity index is 1.58. The second-order valence-corrected chi connectivity index (χ2v) is 8.37. The molecule has 0 atom stereocenters. The van der Waals surface area contributed by atoms with Gasteiger partial charge in [0.1, 0.15) is 18.1 Å². The molecule has 9 heteroatoms. The summed E-state index contributed by atoms with van der Waals surface area (Å²) < 4.78 is 16.1. The summed E-state index contributed by atoms with van der Waals surface area (Å²) in [5.41, 5.74) is 4.08. The van der Waals surface area contributed by atoms with Crippen LogP contribution in [0.5, 0.6) is 11.5 Å². The van der Waals surface area contributed by atoms with E-state index in [-0.39, 0.29) is 12.3 Å². The lowest BCUT2D eigenvalue weighted by molar-refractivity contribution is 0.294. The minimum Gasteiger partial charge on any atom is -0.496 e. The maximum atomic E-state index is 12.4. The zero-order valence-corrected chi connectivity index (χ0v) is 19.5. The molecule has 2 heterocycles. The second kappa shape index (κ2) is 9.32. The molecular weight excluding hydrogens is 420 g/mol. The van der Waals surface area contributed by atoms with Crippen molar-refractivity contribution in [2.45, 2.75) is 33.9 Å². The van der Waals surface area contributed by atoms with E-state index in [4.69, 9.17) is 9.47 Å². The third-order valence-corrected chi connectivity index (χ3v) is 5.34. The Bertz CT molecular complexity index is 1320. The van der Waals surface area contributed by atoms with Crippen molar-refractivity contribution in [1.82, 2.24) is 29.6 Å². The number of aryl methyl sites for hydroxylation is 2. The zero-order chi connectivity index (χ0) is 23.5. The number of hydrogen-bond donors (Lipinski definition) is 0. The summed E-state index contributed by atoms with van der Waals surface area (Å²) in [5, 5.41) is 12.2. The largest absolute Gasteiger partial charge is 0.496 e. The summed E-state index contributed by atoms with van der Waals surface area (Å²) in [7, 11) is 3.14. The van der Waals surface area contributed by atoms with Gasteiger partial charge in [-0.1, -0.05) is 26.0 Å². The van der Waals surface area contributed by atoms with Gasteiger partial charge in [0.15, 0.2) is 0 Å². The molecule has 0 unspecified atom stereocenters. The number of ether oxygens (including phenoxy) is 2. The topological polar surface area (TPSA) is 89.0 Å². The van der Waals surface area contributed by atoms with E-state index in [9.17, 15) is 4.79 Å². The Morgan fingerprint density at radius 3 is 2.55 bits per heavy atom. The summed E-state index contributed by atoms with van der Waals surface area (Å²) >= 11 is 0. The van der Waals surface area contributed by atoms with Crippen LogP contribution in [0.1, 0.15) is 25.0 Å². The fourth-order valence-electron chi connectivity index (χ4n) is 3.68. The number of hydrogen-bond acceptors (Lipinski definition) is 6. The molecule has 0 radical (unpaired) electrons. The number of nitrogens with zero attached hydrogens (tertiary/aromatic N) is 6. The molecule has 0 N–H and O–H groups in total. The molecule has 4 aromatic rings. The Morgan fingerprint density at radius 2 is 1.88 bits per heavy atom. The van der Waals surface area contributed by atoms with E-state index in [0.29, 0.717) is 22.9 Å². The fourth-order valence-corrected chi connectivity index (χ4v) is 3.68. The standard InChI is InChI=1S/C24H28N6O3/c1-16(2)13-29-14-19(12-25-29)18-9-10-22(17(3)11-18)33-15-20-21(7-6-8-23(20)32-5)30-24(31)28(4)26-27-30/h6-12,14,16H,13,15H2,1-5H3. The molecule has 0 spiro atoms. The average Bonchev–Trinajstić information content (AvgIpc) is 3.39. The van der Waals surface area contributed by atoms with E-state index in [1.807, 2.05) is 36.0 Å². The van der Waals surface area contributed by atoms with Crippen LogP contribution in [0, 0.1) is 12.8 Å². The molecule has 0 bridgehead atoms. The van der Waals surface area contributed by atoms with Crippen LogP contribution in [0.4, 0.5) is 0 Å². The smallest absolute Gasteiger partial charge is 0.368 e. The van der Waals surface area contributed by atoms with Gasteiger partial charge in [0.2, 0.25) is 0 Å². The highest BCUT2D eigenvalue weighted by atomic mass is 16.5. The average molecular weight is 449 g/mol. The van der Waals surface area contributed by atoms with Gasteiger partial charge in [-0.3, -0.25) is 4.68 Å². The maximum Gasteiger partial charge on any atom is 0.368 e. The van der Waals surface area contributed by atoms with Crippen molar-refractivity contribution in [2.24, 2.45) is 13.0 Å². The van der Waals surface area contributed by atoms with Gasteiger partial charge in [0.25, 0.3) is 0 Å². The van der Waals surface area contributed by atoms with E-state index in [1.54, 1.807) is 26.3 Å². The number of tetrazole rings is 1. The van der Waals surface area contributed by atoms with Crippen molar-refractivity contribution in [3.8, 4) is 28.3 Å². The van der Waals surface area contributed by atoms with Crippen LogP contribution in [0.3, 0.4) is 0 Å². The molecule has 0 saturated carbocycles. The molecule has 0 aliphatic heterocycles. The first-order valence-corrected chi connectivity index (χ1v) is 10.8. The summed E-state index contributed by atoms with van der Waals surface area (Å²) in [4.78, 5) is 12.4. The molecule has 9 nitrogen and oxygen atoms in total. The van der Waals surface area contributed by atoms with Gasteiger partial charge in [-0.25, -0.2) is 4.79 Å². The first-order chi connectivity index (χ1) is 15.9. The first kappa shape index (κ1) is 22.3. The van der Waals surface area contributed by atoms with Gasteiger partial charge >= 0.3 is 5.69 Å². The zero-order valence-electron chi connectivity index (χ0n) is 19.5. The van der Waals surface area contributed by atoms with Crippen molar-refractivity contribution >= 4 is 0 Å². The van der Waals surface area contributed by atoms with Crippen LogP contribution in [-0.4, -0.2) is 36.7 Å². The van der Waals surface area contributed by atoms with Crippen molar-refractivity contribution in [2.75, 3.05) is 7.11 Å². The highest BCUT2D eigenvalue weighted by Gasteiger charge is 2.16. The van der Waals surface area contributed by atoms with Gasteiger partial charge in [0, 0.05) is 25.4 Å². The van der Waals surface area contributed by atoms with Crippen LogP contribution in [-0.2, 0) is 20.2 Å². The Kier molecular flexibility index (Phi) is 6.30. The molecule has 0 amide bonds. The van der Waals surface area contributed by atoms with Gasteiger partial charge < -0.3 is 9.47 Å². The molecule has 33 heavy (non-hydrogen) atoms. The van der Waals surface area contributed by atoms with E-state index in [2.05, 4.69) is 41.6 Å². The normalized spacial score (nSPS) is 11.2. The highest BCUT2D eigenvalue weighted by molar-refractivity contribution is 5.64. The van der Waals surface area contributed by atoms with Crippen molar-refractivity contribution in [3.05, 3.63) is 70.4 Å². The molecule has 172 valence electrons. The quantitative estimate of drug-likeness (QED) is 0.411. The molecule has 0 fully saturated rings. The molecule has 0 aliphatic rings. The van der Waals surface area contributed by atoms with Crippen LogP contribution >= 0.6 is 0 Å². The SMILES string of the molecule is COc1cccc(-n2nnn(C)c2=O)c1COc1ccc(-c2cnn(CC(C)C)c2)cc1C. The number of benzene rings is 2. The fraction of sp³-hybridized carbons (Fsp3) is 0.333. The van der Waals surface area contributed by atoms with Crippen molar-refractivity contribution < 1.29 is 9.47 Å². The lowest BCUT2D eigenvalue weighted by atomic mass is 10.1. The predicted octanol–water partition coefficient (Wildman–Crippen LogP) is 3.38. The van der Waals surface area contributed by atoms with Crippen LogP contribution in [0.25, 0.3) is 16.8 Å². The van der Waals surface area contributed by atoms with Gasteiger partial charge in [-0.2, -0.15) is 14.5 Å². The first-order valence-electron chi connectivity index (χ1n) is 10.8. The Morgan fingerprint density at radius 1 is 1.06 bits per heavy atom. The number of rotatable bonds is 8. The number of methoxy groups -OCH3 is 1. The second-order valence-electron chi connectivity index (χ2n) is 8.37. The van der Waals surface area contributed by atoms with Crippen LogP contribution in [0.15, 0.2) is 53.6 Å². The lowest BCUT2D eigenvalue weighted by Gasteiger charge is -2.15. The van der Waals surface area contributed by atoms with Crippen LogP contribution in [0.2, 0.25) is 0 Å². The van der Waals surface area contributed by atoms with E-state index in [1.165, 1.54) is 9.36 Å². The Hall–Kier alpha value is -3.88. The molecule has 2 aromatic heterocycles.